The SMILES string of the molecule is C=C/C(=C\C=C(/C)[C@@H](Cc1ccccc1)c1cc(F)cc(-c2cccc(C(=O)O)c2)c1)c1cc(Cl)ccc1-n1cnnn1. The molecule has 1 aromatic heterocycles. The van der Waals surface area contributed by atoms with Crippen LogP contribution in [0.1, 0.15) is 39.9 Å². The number of allylic oxidation sites excluding steroid dienone is 5. The molecule has 0 aliphatic rings. The van der Waals surface area contributed by atoms with Crippen molar-refractivity contribution in [3.8, 4) is 16.8 Å². The molecule has 5 aromatic rings. The fraction of sp³-hybridized carbons (Fsp3) is 0.0857. The number of aromatic carboxylic acids is 1. The van der Waals surface area contributed by atoms with Gasteiger partial charge in [0.25, 0.3) is 0 Å². The molecule has 5 rings (SSSR count). The first-order valence-corrected chi connectivity index (χ1v) is 13.9. The first-order chi connectivity index (χ1) is 20.8. The third-order valence-electron chi connectivity index (χ3n) is 7.21. The number of hydrogen-bond donors (Lipinski definition) is 1. The molecule has 0 saturated carbocycles. The van der Waals surface area contributed by atoms with Gasteiger partial charge in [-0.3, -0.25) is 0 Å². The molecular formula is C35H28ClFN4O2. The molecule has 1 heterocycles. The van der Waals surface area contributed by atoms with Crippen LogP contribution in [0.4, 0.5) is 4.39 Å². The van der Waals surface area contributed by atoms with Crippen molar-refractivity contribution in [3.05, 3.63) is 161 Å². The first-order valence-electron chi connectivity index (χ1n) is 13.5. The highest BCUT2D eigenvalue weighted by Crippen LogP contribution is 2.34. The lowest BCUT2D eigenvalue weighted by atomic mass is 9.84. The Morgan fingerprint density at radius 3 is 2.53 bits per heavy atom. The van der Waals surface area contributed by atoms with Gasteiger partial charge in [0.1, 0.15) is 12.1 Å². The van der Waals surface area contributed by atoms with Crippen LogP contribution < -0.4 is 0 Å². The van der Waals surface area contributed by atoms with E-state index in [0.717, 1.165) is 33.5 Å². The summed E-state index contributed by atoms with van der Waals surface area (Å²) < 4.78 is 16.7. The molecule has 0 aliphatic heterocycles. The van der Waals surface area contributed by atoms with Crippen molar-refractivity contribution in [3.63, 3.8) is 0 Å². The van der Waals surface area contributed by atoms with E-state index in [1.165, 1.54) is 18.5 Å². The van der Waals surface area contributed by atoms with Gasteiger partial charge in [-0.25, -0.2) is 9.18 Å². The molecule has 6 nitrogen and oxygen atoms in total. The Hall–Kier alpha value is -5.14. The molecule has 4 aromatic carbocycles. The minimum atomic E-state index is -1.04. The molecule has 8 heteroatoms. The Morgan fingerprint density at radius 1 is 1.00 bits per heavy atom. The van der Waals surface area contributed by atoms with E-state index in [2.05, 4.69) is 22.1 Å². The van der Waals surface area contributed by atoms with Gasteiger partial charge in [0.05, 0.1) is 11.3 Å². The van der Waals surface area contributed by atoms with Gasteiger partial charge in [-0.2, -0.15) is 4.68 Å². The second kappa shape index (κ2) is 13.2. The highest BCUT2D eigenvalue weighted by molar-refractivity contribution is 6.30. The van der Waals surface area contributed by atoms with Crippen LogP contribution in [0.25, 0.3) is 22.4 Å². The number of tetrazole rings is 1. The maximum absolute atomic E-state index is 15.1. The predicted molar refractivity (Wildman–Crippen MR) is 168 cm³/mol. The van der Waals surface area contributed by atoms with Gasteiger partial charge in [0.2, 0.25) is 0 Å². The Bertz CT molecular complexity index is 1830. The summed E-state index contributed by atoms with van der Waals surface area (Å²) in [5.41, 5.74) is 6.59. The third-order valence-corrected chi connectivity index (χ3v) is 7.44. The highest BCUT2D eigenvalue weighted by atomic mass is 35.5. The summed E-state index contributed by atoms with van der Waals surface area (Å²) in [5.74, 6) is -1.61. The summed E-state index contributed by atoms with van der Waals surface area (Å²) >= 11 is 6.36. The largest absolute Gasteiger partial charge is 0.478 e. The van der Waals surface area contributed by atoms with E-state index in [4.69, 9.17) is 11.6 Å². The second-order valence-electron chi connectivity index (χ2n) is 10.1. The maximum atomic E-state index is 15.1. The fourth-order valence-corrected chi connectivity index (χ4v) is 5.19. The zero-order valence-corrected chi connectivity index (χ0v) is 24.1. The number of rotatable bonds is 10. The van der Waals surface area contributed by atoms with Crippen molar-refractivity contribution in [2.24, 2.45) is 0 Å². The lowest BCUT2D eigenvalue weighted by molar-refractivity contribution is 0.0697. The van der Waals surface area contributed by atoms with E-state index in [1.807, 2.05) is 67.6 Å². The van der Waals surface area contributed by atoms with Crippen molar-refractivity contribution < 1.29 is 14.3 Å². The van der Waals surface area contributed by atoms with Crippen LogP contribution in [0.3, 0.4) is 0 Å². The Labute approximate surface area is 254 Å². The Morgan fingerprint density at radius 2 is 1.81 bits per heavy atom. The number of nitrogens with zero attached hydrogens (tertiary/aromatic N) is 4. The van der Waals surface area contributed by atoms with Gasteiger partial charge in [0, 0.05) is 16.5 Å². The predicted octanol–water partition coefficient (Wildman–Crippen LogP) is 8.36. The van der Waals surface area contributed by atoms with E-state index in [9.17, 15) is 9.90 Å². The number of carboxylic acids is 1. The molecule has 1 atom stereocenters. The Kier molecular flexibility index (Phi) is 9.03. The van der Waals surface area contributed by atoms with Crippen LogP contribution in [0.5, 0.6) is 0 Å². The summed E-state index contributed by atoms with van der Waals surface area (Å²) in [5, 5.41) is 21.6. The van der Waals surface area contributed by atoms with Crippen LogP contribution in [0, 0.1) is 5.82 Å². The zero-order chi connectivity index (χ0) is 30.3. The number of carboxylic acid groups (broad SMARTS) is 1. The minimum absolute atomic E-state index is 0.143. The van der Waals surface area contributed by atoms with Crippen LogP contribution in [0.2, 0.25) is 5.02 Å². The summed E-state index contributed by atoms with van der Waals surface area (Å²) in [6.45, 7) is 6.04. The molecule has 0 saturated heterocycles. The monoisotopic (exact) mass is 590 g/mol. The van der Waals surface area contributed by atoms with E-state index < -0.39 is 11.8 Å². The van der Waals surface area contributed by atoms with Gasteiger partial charge in [-0.1, -0.05) is 90.5 Å². The van der Waals surface area contributed by atoms with Crippen LogP contribution in [-0.4, -0.2) is 31.3 Å². The number of halogens is 2. The molecule has 0 fully saturated rings. The average molecular weight is 591 g/mol. The molecule has 0 aliphatic carbocycles. The fourth-order valence-electron chi connectivity index (χ4n) is 5.02. The summed E-state index contributed by atoms with van der Waals surface area (Å²) in [6.07, 6.45) is 7.84. The lowest BCUT2D eigenvalue weighted by Crippen LogP contribution is -2.06. The number of hydrogen-bond acceptors (Lipinski definition) is 4. The molecule has 0 unspecified atom stereocenters. The quantitative estimate of drug-likeness (QED) is 0.165. The van der Waals surface area contributed by atoms with E-state index in [1.54, 1.807) is 41.1 Å². The number of carbonyl (C=O) groups is 1. The van der Waals surface area contributed by atoms with E-state index >= 15 is 4.39 Å². The standard InChI is InChI=1S/C35H28ClFN4O2/c1-3-25(33-21-30(36)14-15-34(33)41-22-38-39-40-41)13-12-23(2)32(16-24-8-5-4-6-9-24)29-18-28(19-31(37)20-29)26-10-7-11-27(17-26)35(42)43/h3-15,17-22,32H,1,16H2,2H3,(H,42,43)/b23-12+,25-13+/t32-/m1/s1. The van der Waals surface area contributed by atoms with Gasteiger partial charge >= 0.3 is 5.97 Å². The first kappa shape index (κ1) is 29.4. The highest BCUT2D eigenvalue weighted by Gasteiger charge is 2.18. The van der Waals surface area contributed by atoms with E-state index in [0.29, 0.717) is 22.6 Å². The molecule has 0 bridgehead atoms. The molecule has 0 radical (unpaired) electrons. The van der Waals surface area contributed by atoms with E-state index in [-0.39, 0.29) is 11.5 Å². The smallest absolute Gasteiger partial charge is 0.335 e. The third kappa shape index (κ3) is 7.02. The van der Waals surface area contributed by atoms with Crippen LogP contribution >= 0.6 is 11.6 Å². The van der Waals surface area contributed by atoms with Gasteiger partial charge < -0.3 is 5.11 Å². The van der Waals surface area contributed by atoms with Gasteiger partial charge in [-0.05, 0) is 94.1 Å². The van der Waals surface area contributed by atoms with Gasteiger partial charge in [-0.15, -0.1) is 5.10 Å². The lowest BCUT2D eigenvalue weighted by Gasteiger charge is -2.20. The van der Waals surface area contributed by atoms with Crippen molar-refractivity contribution in [2.45, 2.75) is 19.3 Å². The van der Waals surface area contributed by atoms with Crippen LogP contribution in [0.15, 0.2) is 128 Å². The Balaban J connectivity index is 1.58. The molecule has 43 heavy (non-hydrogen) atoms. The number of benzene rings is 4. The molecule has 214 valence electrons. The van der Waals surface area contributed by atoms with Crippen molar-refractivity contribution in [2.75, 3.05) is 0 Å². The summed E-state index contributed by atoms with van der Waals surface area (Å²) in [6, 6.07) is 26.9. The van der Waals surface area contributed by atoms with Gasteiger partial charge in [0.15, 0.2) is 0 Å². The topological polar surface area (TPSA) is 80.9 Å². The summed E-state index contributed by atoms with van der Waals surface area (Å²) in [4.78, 5) is 11.6. The van der Waals surface area contributed by atoms with Crippen molar-refractivity contribution in [1.29, 1.82) is 0 Å². The average Bonchev–Trinajstić information content (AvgIpc) is 3.55. The number of aromatic nitrogens is 4. The minimum Gasteiger partial charge on any atom is -0.478 e. The second-order valence-corrected chi connectivity index (χ2v) is 10.5. The normalized spacial score (nSPS) is 12.6. The summed E-state index contributed by atoms with van der Waals surface area (Å²) in [7, 11) is 0. The molecule has 0 spiro atoms. The molecule has 1 N–H and O–H groups in total. The van der Waals surface area contributed by atoms with Crippen molar-refractivity contribution in [1.82, 2.24) is 20.2 Å². The molecule has 0 amide bonds. The van der Waals surface area contributed by atoms with Crippen LogP contribution in [-0.2, 0) is 6.42 Å². The molecular weight excluding hydrogens is 563 g/mol. The van der Waals surface area contributed by atoms with Crippen molar-refractivity contribution >= 4 is 23.1 Å². The maximum Gasteiger partial charge on any atom is 0.335 e. The zero-order valence-electron chi connectivity index (χ0n) is 23.4.